The van der Waals surface area contributed by atoms with E-state index < -0.39 is 17.1 Å². The molecule has 0 bridgehead atoms. The van der Waals surface area contributed by atoms with Crippen LogP contribution in [0.4, 0.5) is 10.1 Å². The summed E-state index contributed by atoms with van der Waals surface area (Å²) in [5, 5.41) is 10.5. The van der Waals surface area contributed by atoms with Crippen LogP contribution < -0.4 is 16.6 Å². The number of H-pyrrole nitrogens is 1. The molecular weight excluding hydrogens is 389 g/mol. The molecule has 2 N–H and O–H groups in total. The van der Waals surface area contributed by atoms with Gasteiger partial charge >= 0.3 is 5.69 Å². The molecule has 28 heavy (non-hydrogen) atoms. The predicted octanol–water partition coefficient (Wildman–Crippen LogP) is 1.34. The van der Waals surface area contributed by atoms with Crippen molar-refractivity contribution in [3.63, 3.8) is 0 Å². The molecule has 1 amide bonds. The third-order valence-corrected chi connectivity index (χ3v) is 4.51. The molecule has 2 heterocycles. The van der Waals surface area contributed by atoms with Gasteiger partial charge in [0.25, 0.3) is 10.8 Å². The zero-order valence-corrected chi connectivity index (χ0v) is 15.6. The van der Waals surface area contributed by atoms with Crippen molar-refractivity contribution in [2.75, 3.05) is 11.1 Å². The van der Waals surface area contributed by atoms with Gasteiger partial charge in [0.1, 0.15) is 5.82 Å². The highest BCUT2D eigenvalue weighted by molar-refractivity contribution is 7.99. The Morgan fingerprint density at radius 1 is 1.32 bits per heavy atom. The lowest BCUT2D eigenvalue weighted by Gasteiger charge is -2.05. The number of thioether (sulfide) groups is 1. The first-order chi connectivity index (χ1) is 13.4. The zero-order chi connectivity index (χ0) is 20.1. The summed E-state index contributed by atoms with van der Waals surface area (Å²) in [5.74, 6) is -0.431. The van der Waals surface area contributed by atoms with Crippen LogP contribution in [-0.2, 0) is 17.8 Å². The van der Waals surface area contributed by atoms with Crippen molar-refractivity contribution in [3.05, 3.63) is 68.6 Å². The minimum Gasteiger partial charge on any atom is -0.416 e. The van der Waals surface area contributed by atoms with Gasteiger partial charge in [-0.3, -0.25) is 14.6 Å². The average molecular weight is 405 g/mol. The Morgan fingerprint density at radius 3 is 2.89 bits per heavy atom. The van der Waals surface area contributed by atoms with E-state index in [2.05, 4.69) is 20.5 Å². The Hall–Kier alpha value is -3.21. The summed E-state index contributed by atoms with van der Waals surface area (Å²) < 4.78 is 20.2. The van der Waals surface area contributed by atoms with Crippen molar-refractivity contribution >= 4 is 23.4 Å². The van der Waals surface area contributed by atoms with Crippen LogP contribution in [-0.4, -0.2) is 31.4 Å². The fraction of sp³-hybridized carbons (Fsp3) is 0.235. The second kappa shape index (κ2) is 8.65. The van der Waals surface area contributed by atoms with Gasteiger partial charge in [0, 0.05) is 30.9 Å². The predicted molar refractivity (Wildman–Crippen MR) is 99.8 cm³/mol. The summed E-state index contributed by atoms with van der Waals surface area (Å²) in [4.78, 5) is 36.7. The number of hydrogen-bond acceptors (Lipinski definition) is 7. The molecule has 11 heteroatoms. The molecule has 3 aromatic rings. The van der Waals surface area contributed by atoms with Crippen molar-refractivity contribution in [2.24, 2.45) is 0 Å². The minimum absolute atomic E-state index is 0.0104. The first kappa shape index (κ1) is 19.5. The van der Waals surface area contributed by atoms with Gasteiger partial charge in [-0.25, -0.2) is 9.18 Å². The van der Waals surface area contributed by atoms with Crippen LogP contribution in [0.25, 0.3) is 0 Å². The fourth-order valence-corrected chi connectivity index (χ4v) is 2.81. The molecule has 3 rings (SSSR count). The van der Waals surface area contributed by atoms with Crippen LogP contribution in [0.2, 0.25) is 0 Å². The lowest BCUT2D eigenvalue weighted by Crippen LogP contribution is -2.29. The Morgan fingerprint density at radius 2 is 2.14 bits per heavy atom. The van der Waals surface area contributed by atoms with E-state index >= 15 is 0 Å². The van der Waals surface area contributed by atoms with Gasteiger partial charge in [-0.05, 0) is 24.6 Å². The molecule has 0 aliphatic carbocycles. The van der Waals surface area contributed by atoms with Crippen LogP contribution >= 0.6 is 11.8 Å². The topological polar surface area (TPSA) is 123 Å². The van der Waals surface area contributed by atoms with E-state index in [0.717, 1.165) is 11.8 Å². The van der Waals surface area contributed by atoms with E-state index in [4.69, 9.17) is 4.42 Å². The van der Waals surface area contributed by atoms with Gasteiger partial charge in [-0.2, -0.15) is 0 Å². The first-order valence-electron chi connectivity index (χ1n) is 8.21. The van der Waals surface area contributed by atoms with E-state index in [-0.39, 0.29) is 29.8 Å². The molecule has 0 aliphatic rings. The van der Waals surface area contributed by atoms with Crippen LogP contribution in [0.5, 0.6) is 0 Å². The van der Waals surface area contributed by atoms with Gasteiger partial charge in [0.2, 0.25) is 11.8 Å². The summed E-state index contributed by atoms with van der Waals surface area (Å²) >= 11 is 1.04. The third kappa shape index (κ3) is 5.16. The normalized spacial score (nSPS) is 10.8. The highest BCUT2D eigenvalue weighted by Crippen LogP contribution is 2.18. The van der Waals surface area contributed by atoms with Gasteiger partial charge in [-0.15, -0.1) is 10.2 Å². The number of aromatic amines is 1. The van der Waals surface area contributed by atoms with Gasteiger partial charge in [0.05, 0.1) is 5.75 Å². The van der Waals surface area contributed by atoms with Crippen LogP contribution in [0.15, 0.2) is 49.7 Å². The second-order valence-electron chi connectivity index (χ2n) is 5.82. The molecule has 0 unspecified atom stereocenters. The molecule has 0 atom stereocenters. The third-order valence-electron chi connectivity index (χ3n) is 3.69. The van der Waals surface area contributed by atoms with Gasteiger partial charge in [0.15, 0.2) is 0 Å². The molecule has 0 saturated heterocycles. The molecule has 0 radical (unpaired) electrons. The number of nitrogens with one attached hydrogen (secondary N) is 2. The fourth-order valence-electron chi connectivity index (χ4n) is 2.23. The minimum atomic E-state index is -0.522. The average Bonchev–Trinajstić information content (AvgIpc) is 3.10. The lowest BCUT2D eigenvalue weighted by molar-refractivity contribution is -0.113. The first-order valence-corrected chi connectivity index (χ1v) is 9.20. The summed E-state index contributed by atoms with van der Waals surface area (Å²) in [5.41, 5.74) is -0.128. The van der Waals surface area contributed by atoms with E-state index in [0.29, 0.717) is 17.1 Å². The number of nitrogens with zero attached hydrogens (tertiary/aromatic N) is 3. The maximum Gasteiger partial charge on any atom is 0.328 e. The number of anilines is 1. The summed E-state index contributed by atoms with van der Waals surface area (Å²) in [6, 6.07) is 5.69. The largest absolute Gasteiger partial charge is 0.416 e. The lowest BCUT2D eigenvalue weighted by atomic mass is 10.2. The number of aromatic nitrogens is 4. The molecular formula is C17H16FN5O4S. The number of halogens is 1. The van der Waals surface area contributed by atoms with Gasteiger partial charge in [-0.1, -0.05) is 17.8 Å². The van der Waals surface area contributed by atoms with Crippen molar-refractivity contribution in [3.8, 4) is 0 Å². The summed E-state index contributed by atoms with van der Waals surface area (Å²) in [6.07, 6.45) is 1.67. The van der Waals surface area contributed by atoms with Crippen molar-refractivity contribution in [2.45, 2.75) is 25.1 Å². The number of rotatable bonds is 7. The number of aryl methyl sites for hydroxylation is 3. The Kier molecular flexibility index (Phi) is 6.04. The Balaban J connectivity index is 1.50. The van der Waals surface area contributed by atoms with Crippen LogP contribution in [0, 0.1) is 12.7 Å². The van der Waals surface area contributed by atoms with E-state index in [1.165, 1.54) is 22.9 Å². The molecule has 0 fully saturated rings. The van der Waals surface area contributed by atoms with E-state index in [1.54, 1.807) is 19.1 Å². The summed E-state index contributed by atoms with van der Waals surface area (Å²) in [7, 11) is 0. The molecule has 0 saturated carbocycles. The number of carbonyl (C=O) groups excluding carboxylic acids is 1. The second-order valence-corrected chi connectivity index (χ2v) is 6.74. The van der Waals surface area contributed by atoms with Crippen molar-refractivity contribution in [1.29, 1.82) is 0 Å². The summed E-state index contributed by atoms with van der Waals surface area (Å²) in [6.45, 7) is 1.89. The van der Waals surface area contributed by atoms with Crippen molar-refractivity contribution < 1.29 is 13.6 Å². The highest BCUT2D eigenvalue weighted by atomic mass is 32.2. The smallest absolute Gasteiger partial charge is 0.328 e. The molecule has 146 valence electrons. The Labute approximate surface area is 162 Å². The molecule has 2 aromatic heterocycles. The zero-order valence-electron chi connectivity index (χ0n) is 14.8. The van der Waals surface area contributed by atoms with Gasteiger partial charge < -0.3 is 14.3 Å². The number of hydrogen-bond donors (Lipinski definition) is 2. The van der Waals surface area contributed by atoms with Crippen LogP contribution in [0.3, 0.4) is 0 Å². The number of amides is 1. The quantitative estimate of drug-likeness (QED) is 0.569. The molecule has 9 nitrogen and oxygen atoms in total. The standard InChI is InChI=1S/C17H16FN5O4S/c1-10-2-3-11(8-12(10)18)19-14(25)9-28-17-22-21-15(27-17)5-7-23-6-4-13(24)20-16(23)26/h2-4,6,8H,5,7,9H2,1H3,(H,19,25)(H,20,24,26). The molecule has 0 aliphatic heterocycles. The maximum atomic E-state index is 13.5. The van der Waals surface area contributed by atoms with Crippen LogP contribution in [0.1, 0.15) is 11.5 Å². The van der Waals surface area contributed by atoms with Crippen molar-refractivity contribution in [1.82, 2.24) is 19.7 Å². The van der Waals surface area contributed by atoms with E-state index in [1.807, 2.05) is 0 Å². The maximum absolute atomic E-state index is 13.5. The van der Waals surface area contributed by atoms with E-state index in [9.17, 15) is 18.8 Å². The SMILES string of the molecule is Cc1ccc(NC(=O)CSc2nnc(CCn3ccc(=O)[nH]c3=O)o2)cc1F. The Bertz CT molecular complexity index is 1110. The monoisotopic (exact) mass is 405 g/mol. The molecule has 1 aromatic carbocycles. The number of carbonyl (C=O) groups is 1. The number of benzene rings is 1. The molecule has 0 spiro atoms. The highest BCUT2D eigenvalue weighted by Gasteiger charge is 2.11.